The standard InChI is InChI=1S/C10H6Cl3F3O3.C9H6Cl3F3O/c11-5-1-6(12)7(9(17)18)8(13)4(5)2-19-3-10(14,15)16;10-5-1-7(11)6(8(12)2-5)3-16-4-9(13,14)15/h1H,2-3H2,(H,17,18);1-2H,3-4H2. The van der Waals surface area contributed by atoms with Crippen molar-refractivity contribution in [2.24, 2.45) is 0 Å². The summed E-state index contributed by atoms with van der Waals surface area (Å²) >= 11 is 34.3. The van der Waals surface area contributed by atoms with Gasteiger partial charge in [-0.2, -0.15) is 26.3 Å². The number of ether oxygens (including phenoxy) is 2. The summed E-state index contributed by atoms with van der Waals surface area (Å²) in [5, 5.41) is 8.94. The monoisotopic (exact) mass is 628 g/mol. The van der Waals surface area contributed by atoms with Crippen LogP contribution in [-0.2, 0) is 22.7 Å². The largest absolute Gasteiger partial charge is 0.478 e. The van der Waals surface area contributed by atoms with Crippen LogP contribution >= 0.6 is 69.6 Å². The number of alkyl halides is 6. The van der Waals surface area contributed by atoms with Crippen molar-refractivity contribution in [3.63, 3.8) is 0 Å². The van der Waals surface area contributed by atoms with E-state index in [-0.39, 0.29) is 42.8 Å². The van der Waals surface area contributed by atoms with Gasteiger partial charge in [0.1, 0.15) is 13.2 Å². The van der Waals surface area contributed by atoms with E-state index in [1.165, 1.54) is 12.1 Å². The van der Waals surface area contributed by atoms with Crippen LogP contribution in [0, 0.1) is 0 Å². The fourth-order valence-electron chi connectivity index (χ4n) is 2.21. The third-order valence-corrected chi connectivity index (χ3v) is 5.55. The second kappa shape index (κ2) is 13.6. The summed E-state index contributed by atoms with van der Waals surface area (Å²) in [6.45, 7) is -3.73. The number of hydrogen-bond acceptors (Lipinski definition) is 3. The van der Waals surface area contributed by atoms with Crippen molar-refractivity contribution in [1.29, 1.82) is 0 Å². The van der Waals surface area contributed by atoms with Crippen LogP contribution in [0.15, 0.2) is 18.2 Å². The molecule has 0 unspecified atom stereocenters. The Morgan fingerprint density at radius 2 is 1.11 bits per heavy atom. The average Bonchev–Trinajstić information content (AvgIpc) is 2.64. The molecule has 0 heterocycles. The molecule has 0 aliphatic carbocycles. The van der Waals surface area contributed by atoms with E-state index in [0.717, 1.165) is 6.07 Å². The van der Waals surface area contributed by atoms with Crippen LogP contribution in [-0.4, -0.2) is 36.6 Å². The number of carbonyl (C=O) groups is 1. The van der Waals surface area contributed by atoms with Crippen LogP contribution in [0.5, 0.6) is 0 Å². The first-order valence-electron chi connectivity index (χ1n) is 8.75. The number of rotatable bonds is 7. The first-order valence-corrected chi connectivity index (χ1v) is 11.0. The Labute approximate surface area is 224 Å². The maximum atomic E-state index is 11.9. The van der Waals surface area contributed by atoms with E-state index in [2.05, 4.69) is 9.47 Å². The third-order valence-electron chi connectivity index (χ3n) is 3.61. The molecule has 0 radical (unpaired) electrons. The molecule has 0 aliphatic rings. The second-order valence-electron chi connectivity index (χ2n) is 6.38. The van der Waals surface area contributed by atoms with E-state index < -0.39 is 43.7 Å². The van der Waals surface area contributed by atoms with Crippen LogP contribution in [0.2, 0.25) is 30.1 Å². The van der Waals surface area contributed by atoms with Gasteiger partial charge in [-0.3, -0.25) is 0 Å². The molecule has 0 spiro atoms. The van der Waals surface area contributed by atoms with Gasteiger partial charge in [0.2, 0.25) is 0 Å². The van der Waals surface area contributed by atoms with Gasteiger partial charge in [0.25, 0.3) is 0 Å². The first kappa shape index (κ1) is 32.2. The molecule has 4 nitrogen and oxygen atoms in total. The lowest BCUT2D eigenvalue weighted by atomic mass is 10.1. The van der Waals surface area contributed by atoms with Crippen LogP contribution < -0.4 is 0 Å². The van der Waals surface area contributed by atoms with Crippen molar-refractivity contribution in [2.45, 2.75) is 25.6 Å². The van der Waals surface area contributed by atoms with Gasteiger partial charge >= 0.3 is 18.3 Å². The highest BCUT2D eigenvalue weighted by atomic mass is 35.5. The summed E-state index contributed by atoms with van der Waals surface area (Å²) in [5.41, 5.74) is -0.204. The zero-order chi connectivity index (χ0) is 27.1. The molecular formula is C19H12Cl6F6O4. The fourth-order valence-corrected chi connectivity index (χ4v) is 4.17. The summed E-state index contributed by atoms with van der Waals surface area (Å²) in [6, 6.07) is 3.87. The Morgan fingerprint density at radius 3 is 1.51 bits per heavy atom. The molecule has 0 amide bonds. The minimum Gasteiger partial charge on any atom is -0.478 e. The van der Waals surface area contributed by atoms with E-state index in [9.17, 15) is 31.1 Å². The van der Waals surface area contributed by atoms with Gasteiger partial charge in [0.15, 0.2) is 0 Å². The molecule has 196 valence electrons. The number of halogens is 12. The Bertz CT molecular complexity index is 1020. The third kappa shape index (κ3) is 11.4. The molecule has 35 heavy (non-hydrogen) atoms. The summed E-state index contributed by atoms with van der Waals surface area (Å²) in [6.07, 6.45) is -8.87. The molecule has 0 aliphatic heterocycles. The van der Waals surface area contributed by atoms with Crippen molar-refractivity contribution < 1.29 is 45.7 Å². The van der Waals surface area contributed by atoms with Crippen molar-refractivity contribution >= 4 is 75.6 Å². The van der Waals surface area contributed by atoms with Gasteiger partial charge < -0.3 is 14.6 Å². The molecule has 2 rings (SSSR count). The van der Waals surface area contributed by atoms with Crippen LogP contribution in [0.1, 0.15) is 21.5 Å². The fraction of sp³-hybridized carbons (Fsp3) is 0.316. The maximum absolute atomic E-state index is 11.9. The van der Waals surface area contributed by atoms with Gasteiger partial charge in [0, 0.05) is 31.2 Å². The maximum Gasteiger partial charge on any atom is 0.411 e. The summed E-state index contributed by atoms with van der Waals surface area (Å²) in [7, 11) is 0. The number of carboxylic acids is 1. The molecule has 0 aromatic heterocycles. The molecular weight excluding hydrogens is 619 g/mol. The lowest BCUT2D eigenvalue weighted by Crippen LogP contribution is -2.17. The van der Waals surface area contributed by atoms with Gasteiger partial charge in [-0.05, 0) is 18.2 Å². The zero-order valence-corrected chi connectivity index (χ0v) is 21.3. The minimum atomic E-state index is -4.50. The zero-order valence-electron chi connectivity index (χ0n) is 16.8. The van der Waals surface area contributed by atoms with Gasteiger partial charge in [-0.25, -0.2) is 4.79 Å². The van der Waals surface area contributed by atoms with E-state index in [4.69, 9.17) is 74.7 Å². The Kier molecular flexibility index (Phi) is 12.5. The number of hydrogen-bond donors (Lipinski definition) is 1. The molecule has 0 bridgehead atoms. The molecule has 0 atom stereocenters. The predicted octanol–water partition coefficient (Wildman–Crippen LogP) is 9.15. The lowest BCUT2D eigenvalue weighted by Gasteiger charge is -2.12. The molecule has 2 aromatic carbocycles. The van der Waals surface area contributed by atoms with E-state index in [0.29, 0.717) is 5.02 Å². The van der Waals surface area contributed by atoms with Crippen LogP contribution in [0.4, 0.5) is 26.3 Å². The Morgan fingerprint density at radius 1 is 0.714 bits per heavy atom. The van der Waals surface area contributed by atoms with Crippen molar-refractivity contribution in [1.82, 2.24) is 0 Å². The first-order chi connectivity index (χ1) is 15.9. The Hall–Kier alpha value is -0.850. The average molecular weight is 631 g/mol. The number of benzene rings is 2. The Balaban J connectivity index is 0.000000355. The summed E-state index contributed by atoms with van der Waals surface area (Å²) in [5.74, 6) is -1.41. The van der Waals surface area contributed by atoms with Crippen molar-refractivity contribution in [2.75, 3.05) is 13.2 Å². The number of aromatic carboxylic acids is 1. The molecule has 0 saturated heterocycles. The molecule has 1 N–H and O–H groups in total. The lowest BCUT2D eigenvalue weighted by molar-refractivity contribution is -0.177. The molecule has 0 fully saturated rings. The topological polar surface area (TPSA) is 55.8 Å². The second-order valence-corrected chi connectivity index (χ2v) is 8.82. The van der Waals surface area contributed by atoms with Gasteiger partial charge in [-0.1, -0.05) is 69.6 Å². The van der Waals surface area contributed by atoms with Crippen LogP contribution in [0.3, 0.4) is 0 Å². The molecule has 2 aromatic rings. The minimum absolute atomic E-state index is 0.0608. The normalized spacial score (nSPS) is 11.8. The van der Waals surface area contributed by atoms with Gasteiger partial charge in [0.05, 0.1) is 28.8 Å². The van der Waals surface area contributed by atoms with E-state index in [1.807, 2.05) is 0 Å². The highest BCUT2D eigenvalue weighted by Gasteiger charge is 2.29. The molecule has 0 saturated carbocycles. The summed E-state index contributed by atoms with van der Waals surface area (Å²) in [4.78, 5) is 10.9. The predicted molar refractivity (Wildman–Crippen MR) is 121 cm³/mol. The number of carboxylic acid groups (broad SMARTS) is 1. The SMILES string of the molecule is FC(F)(F)COCc1c(Cl)cc(Cl)cc1Cl.O=C(O)c1c(Cl)cc(Cl)c(COCC(F)(F)F)c1Cl. The molecule has 16 heteroatoms. The van der Waals surface area contributed by atoms with Crippen LogP contribution in [0.25, 0.3) is 0 Å². The smallest absolute Gasteiger partial charge is 0.411 e. The van der Waals surface area contributed by atoms with E-state index in [1.54, 1.807) is 0 Å². The van der Waals surface area contributed by atoms with Crippen molar-refractivity contribution in [3.05, 3.63) is 65.0 Å². The van der Waals surface area contributed by atoms with Crippen molar-refractivity contribution in [3.8, 4) is 0 Å². The van der Waals surface area contributed by atoms with Gasteiger partial charge in [-0.15, -0.1) is 0 Å². The van der Waals surface area contributed by atoms with E-state index >= 15 is 0 Å². The highest BCUT2D eigenvalue weighted by molar-refractivity contribution is 6.42. The quantitative estimate of drug-likeness (QED) is 0.310. The summed E-state index contributed by atoms with van der Waals surface area (Å²) < 4.78 is 80.0. The highest BCUT2D eigenvalue weighted by Crippen LogP contribution is 2.35.